The number of halogens is 1. The van der Waals surface area contributed by atoms with E-state index in [4.69, 9.17) is 15.2 Å². The molecule has 2 aromatic rings. The average Bonchev–Trinajstić information content (AvgIpc) is 2.61. The molecular formula is C17H17BrN4O4. The average molecular weight is 421 g/mol. The van der Waals surface area contributed by atoms with Gasteiger partial charge in [0.05, 0.1) is 19.0 Å². The van der Waals surface area contributed by atoms with Gasteiger partial charge in [-0.1, -0.05) is 28.1 Å². The molecule has 0 aliphatic heterocycles. The van der Waals surface area contributed by atoms with Gasteiger partial charge in [-0.25, -0.2) is 10.2 Å². The first-order valence-corrected chi connectivity index (χ1v) is 8.22. The first-order chi connectivity index (χ1) is 12.5. The Balaban J connectivity index is 2.03. The van der Waals surface area contributed by atoms with Gasteiger partial charge in [0.1, 0.15) is 11.5 Å². The summed E-state index contributed by atoms with van der Waals surface area (Å²) in [4.78, 5) is 22.8. The molecular weight excluding hydrogens is 404 g/mol. The number of hydrogen-bond acceptors (Lipinski definition) is 5. The molecule has 0 heterocycles. The van der Waals surface area contributed by atoms with Crippen LogP contribution in [0.2, 0.25) is 0 Å². The Labute approximate surface area is 158 Å². The van der Waals surface area contributed by atoms with Crippen LogP contribution in [0.15, 0.2) is 52.0 Å². The summed E-state index contributed by atoms with van der Waals surface area (Å²) >= 11 is 3.33. The number of nitrogens with one attached hydrogen (secondary N) is 2. The fourth-order valence-corrected chi connectivity index (χ4v) is 2.37. The Bertz CT molecular complexity index is 826. The number of ether oxygens (including phenoxy) is 2. The maximum atomic E-state index is 12.1. The first-order valence-electron chi connectivity index (χ1n) is 7.43. The predicted molar refractivity (Wildman–Crippen MR) is 102 cm³/mol. The van der Waals surface area contributed by atoms with Gasteiger partial charge in [-0.2, -0.15) is 5.10 Å². The van der Waals surface area contributed by atoms with Crippen molar-refractivity contribution in [3.05, 3.63) is 52.5 Å². The molecule has 0 fully saturated rings. The number of amides is 3. The van der Waals surface area contributed by atoms with Gasteiger partial charge in [-0.3, -0.25) is 4.79 Å². The fraction of sp³-hybridized carbons (Fsp3) is 0.118. The van der Waals surface area contributed by atoms with E-state index < -0.39 is 6.03 Å². The highest BCUT2D eigenvalue weighted by Crippen LogP contribution is 2.24. The summed E-state index contributed by atoms with van der Waals surface area (Å²) in [6.07, 6.45) is 1.36. The highest BCUT2D eigenvalue weighted by Gasteiger charge is 2.09. The minimum atomic E-state index is -0.782. The van der Waals surface area contributed by atoms with Crippen LogP contribution in [-0.2, 0) is 4.79 Å². The highest BCUT2D eigenvalue weighted by atomic mass is 79.9. The Hall–Kier alpha value is -3.07. The molecule has 136 valence electrons. The van der Waals surface area contributed by atoms with Gasteiger partial charge in [0.2, 0.25) is 0 Å². The molecule has 0 aliphatic rings. The summed E-state index contributed by atoms with van der Waals surface area (Å²) < 4.78 is 11.5. The summed E-state index contributed by atoms with van der Waals surface area (Å²) in [5, 5.41) is 6.41. The zero-order chi connectivity index (χ0) is 18.9. The molecule has 0 saturated carbocycles. The van der Waals surface area contributed by atoms with Crippen LogP contribution in [-0.4, -0.2) is 31.9 Å². The monoisotopic (exact) mass is 420 g/mol. The van der Waals surface area contributed by atoms with Crippen molar-refractivity contribution < 1.29 is 19.1 Å². The maximum Gasteiger partial charge on any atom is 0.332 e. The molecule has 0 saturated heterocycles. The molecule has 26 heavy (non-hydrogen) atoms. The third-order valence-electron chi connectivity index (χ3n) is 3.09. The Morgan fingerprint density at radius 1 is 1.23 bits per heavy atom. The van der Waals surface area contributed by atoms with Crippen LogP contribution in [0.1, 0.15) is 5.56 Å². The molecule has 0 bridgehead atoms. The zero-order valence-electron chi connectivity index (χ0n) is 13.9. The normalized spacial score (nSPS) is 10.4. The molecule has 0 atom stereocenters. The van der Waals surface area contributed by atoms with Crippen molar-refractivity contribution >= 4 is 39.8 Å². The van der Waals surface area contributed by atoms with Crippen LogP contribution in [0, 0.1) is 0 Å². The van der Waals surface area contributed by atoms with E-state index in [1.807, 2.05) is 0 Å². The minimum absolute atomic E-state index is 0.218. The van der Waals surface area contributed by atoms with Crippen LogP contribution >= 0.6 is 15.9 Å². The van der Waals surface area contributed by atoms with Crippen LogP contribution < -0.4 is 25.9 Å². The summed E-state index contributed by atoms with van der Waals surface area (Å²) in [5.41, 5.74) is 8.15. The van der Waals surface area contributed by atoms with Crippen molar-refractivity contribution in [2.45, 2.75) is 0 Å². The number of benzene rings is 2. The number of primary amides is 1. The molecule has 9 heteroatoms. The van der Waals surface area contributed by atoms with Gasteiger partial charge in [-0.05, 0) is 30.3 Å². The zero-order valence-corrected chi connectivity index (χ0v) is 15.4. The van der Waals surface area contributed by atoms with Crippen molar-refractivity contribution in [3.63, 3.8) is 0 Å². The third kappa shape index (κ3) is 5.78. The minimum Gasteiger partial charge on any atom is -0.495 e. The standard InChI is InChI=1S/C17H17BrN4O4/c1-25-15-5-3-2-4-13(15)21-16(23)10-26-14-7-6-12(18)8-11(14)9-20-22-17(19)24/h2-9H,10H2,1H3,(H,21,23)(H3,19,22,24). The number of nitrogens with two attached hydrogens (primary N) is 1. The smallest absolute Gasteiger partial charge is 0.332 e. The first kappa shape index (κ1) is 19.3. The summed E-state index contributed by atoms with van der Waals surface area (Å²) in [6.45, 7) is -0.218. The Kier molecular flexibility index (Phi) is 6.98. The van der Waals surface area contributed by atoms with E-state index in [2.05, 4.69) is 31.8 Å². The molecule has 0 unspecified atom stereocenters. The molecule has 0 radical (unpaired) electrons. The summed E-state index contributed by atoms with van der Waals surface area (Å²) in [6, 6.07) is 11.4. The van der Waals surface area contributed by atoms with E-state index in [0.717, 1.165) is 4.47 Å². The second kappa shape index (κ2) is 9.42. The number of methoxy groups -OCH3 is 1. The fourth-order valence-electron chi connectivity index (χ4n) is 1.99. The molecule has 2 rings (SSSR count). The molecule has 0 spiro atoms. The van der Waals surface area contributed by atoms with Crippen molar-refractivity contribution in [2.75, 3.05) is 19.0 Å². The lowest BCUT2D eigenvalue weighted by atomic mass is 10.2. The topological polar surface area (TPSA) is 115 Å². The van der Waals surface area contributed by atoms with Gasteiger partial charge in [-0.15, -0.1) is 0 Å². The second-order valence-electron chi connectivity index (χ2n) is 4.95. The highest BCUT2D eigenvalue weighted by molar-refractivity contribution is 9.10. The van der Waals surface area contributed by atoms with Crippen molar-refractivity contribution in [1.29, 1.82) is 0 Å². The lowest BCUT2D eigenvalue weighted by Crippen LogP contribution is -2.24. The van der Waals surface area contributed by atoms with Crippen molar-refractivity contribution in [2.24, 2.45) is 10.8 Å². The van der Waals surface area contributed by atoms with Crippen molar-refractivity contribution in [3.8, 4) is 11.5 Å². The number of urea groups is 1. The maximum absolute atomic E-state index is 12.1. The summed E-state index contributed by atoms with van der Waals surface area (Å²) in [7, 11) is 1.52. The largest absolute Gasteiger partial charge is 0.495 e. The SMILES string of the molecule is COc1ccccc1NC(=O)COc1ccc(Br)cc1C=NNC(N)=O. The molecule has 2 aromatic carbocycles. The van der Waals surface area contributed by atoms with Gasteiger partial charge in [0.25, 0.3) is 5.91 Å². The van der Waals surface area contributed by atoms with Gasteiger partial charge >= 0.3 is 6.03 Å². The number of carbonyl (C=O) groups excluding carboxylic acids is 2. The molecule has 8 nitrogen and oxygen atoms in total. The van der Waals surface area contributed by atoms with Gasteiger partial charge in [0, 0.05) is 10.0 Å². The molecule has 4 N–H and O–H groups in total. The number of anilines is 1. The second-order valence-corrected chi connectivity index (χ2v) is 5.87. The number of para-hydroxylation sites is 2. The molecule has 3 amide bonds. The predicted octanol–water partition coefficient (Wildman–Crippen LogP) is 2.48. The van der Waals surface area contributed by atoms with E-state index in [1.54, 1.807) is 42.5 Å². The molecule has 0 aromatic heterocycles. The van der Waals surface area contributed by atoms with E-state index in [-0.39, 0.29) is 12.5 Å². The lowest BCUT2D eigenvalue weighted by Gasteiger charge is -2.12. The summed E-state index contributed by atoms with van der Waals surface area (Å²) in [5.74, 6) is 0.615. The third-order valence-corrected chi connectivity index (χ3v) is 3.58. The van der Waals surface area contributed by atoms with Crippen LogP contribution in [0.3, 0.4) is 0 Å². The lowest BCUT2D eigenvalue weighted by molar-refractivity contribution is -0.118. The van der Waals surface area contributed by atoms with Crippen LogP contribution in [0.25, 0.3) is 0 Å². The van der Waals surface area contributed by atoms with E-state index in [9.17, 15) is 9.59 Å². The van der Waals surface area contributed by atoms with E-state index >= 15 is 0 Å². The number of hydrazone groups is 1. The van der Waals surface area contributed by atoms with Gasteiger partial charge in [0.15, 0.2) is 6.61 Å². The quantitative estimate of drug-likeness (QED) is 0.471. The number of carbonyl (C=O) groups is 2. The van der Waals surface area contributed by atoms with E-state index in [1.165, 1.54) is 13.3 Å². The van der Waals surface area contributed by atoms with Crippen LogP contribution in [0.4, 0.5) is 10.5 Å². The Morgan fingerprint density at radius 3 is 2.73 bits per heavy atom. The molecule has 0 aliphatic carbocycles. The number of rotatable bonds is 7. The van der Waals surface area contributed by atoms with Crippen molar-refractivity contribution in [1.82, 2.24) is 5.43 Å². The number of nitrogens with zero attached hydrogens (tertiary/aromatic N) is 1. The van der Waals surface area contributed by atoms with E-state index in [0.29, 0.717) is 22.7 Å². The van der Waals surface area contributed by atoms with Crippen LogP contribution in [0.5, 0.6) is 11.5 Å². The Morgan fingerprint density at radius 2 is 2.00 bits per heavy atom. The number of hydrogen-bond donors (Lipinski definition) is 3. The van der Waals surface area contributed by atoms with Gasteiger partial charge < -0.3 is 20.5 Å².